The van der Waals surface area contributed by atoms with Crippen LogP contribution in [0.2, 0.25) is 0 Å². The topological polar surface area (TPSA) is 61.0 Å². The first-order chi connectivity index (χ1) is 12.5. The second kappa shape index (κ2) is 7.13. The van der Waals surface area contributed by atoms with Crippen LogP contribution in [0, 0.1) is 11.7 Å². The smallest absolute Gasteiger partial charge is 0.191 e. The fraction of sp³-hybridized carbons (Fsp3) is 0.368. The third-order valence-corrected chi connectivity index (χ3v) is 6.63. The Labute approximate surface area is 160 Å². The van der Waals surface area contributed by atoms with Crippen LogP contribution in [0.25, 0.3) is 10.2 Å². The van der Waals surface area contributed by atoms with E-state index >= 15 is 0 Å². The Bertz CT molecular complexity index is 957. The minimum absolute atomic E-state index is 0.204. The van der Waals surface area contributed by atoms with E-state index in [9.17, 15) is 4.39 Å². The summed E-state index contributed by atoms with van der Waals surface area (Å²) in [5.74, 6) is 1.22. The summed E-state index contributed by atoms with van der Waals surface area (Å²) in [5, 5.41) is 1.55. The number of rotatable bonds is 4. The summed E-state index contributed by atoms with van der Waals surface area (Å²) in [5.41, 5.74) is 8.15. The summed E-state index contributed by atoms with van der Waals surface area (Å²) in [6.45, 7) is 4.94. The predicted octanol–water partition coefficient (Wildman–Crippen LogP) is 4.80. The number of hydrogen-bond donors (Lipinski definition) is 1. The standard InChI is InChI=1S/C19H20FN3OS2/c1-10(2)14-7-12-15(8-24-14)26-18-16(12)17(21)22-19(23-18)25-9-11-5-3-4-6-13(11)20/h3-6,10,14H,7-9H2,1-2H3,(H2,21,22,23)/t14-/m1/s1. The first-order valence-corrected chi connectivity index (χ1v) is 10.4. The molecule has 0 spiro atoms. The first-order valence-electron chi connectivity index (χ1n) is 8.58. The number of fused-ring (bicyclic) bond motifs is 3. The largest absolute Gasteiger partial charge is 0.383 e. The molecule has 0 bridgehead atoms. The number of hydrogen-bond acceptors (Lipinski definition) is 6. The van der Waals surface area contributed by atoms with Gasteiger partial charge in [-0.15, -0.1) is 11.3 Å². The second-order valence-electron chi connectivity index (χ2n) is 6.75. The Morgan fingerprint density at radius 3 is 2.92 bits per heavy atom. The van der Waals surface area contributed by atoms with Crippen molar-refractivity contribution in [1.82, 2.24) is 9.97 Å². The third kappa shape index (κ3) is 3.31. The van der Waals surface area contributed by atoms with Gasteiger partial charge in [0.15, 0.2) is 5.16 Å². The van der Waals surface area contributed by atoms with Crippen molar-refractivity contribution < 1.29 is 9.13 Å². The molecule has 2 aromatic heterocycles. The van der Waals surface area contributed by atoms with E-state index < -0.39 is 0 Å². The fourth-order valence-corrected chi connectivity index (χ4v) is 5.16. The van der Waals surface area contributed by atoms with Gasteiger partial charge >= 0.3 is 0 Å². The summed E-state index contributed by atoms with van der Waals surface area (Å²) in [4.78, 5) is 11.2. The third-order valence-electron chi connectivity index (χ3n) is 4.63. The molecule has 0 saturated heterocycles. The quantitative estimate of drug-likeness (QED) is 0.513. The van der Waals surface area contributed by atoms with Crippen molar-refractivity contribution in [1.29, 1.82) is 0 Å². The molecule has 0 fully saturated rings. The Morgan fingerprint density at radius 2 is 2.15 bits per heavy atom. The van der Waals surface area contributed by atoms with E-state index in [4.69, 9.17) is 10.5 Å². The zero-order valence-electron chi connectivity index (χ0n) is 14.7. The van der Waals surface area contributed by atoms with Crippen molar-refractivity contribution in [3.05, 3.63) is 46.1 Å². The average molecular weight is 390 g/mol. The lowest BCUT2D eigenvalue weighted by Gasteiger charge is -2.26. The lowest BCUT2D eigenvalue weighted by molar-refractivity contribution is 0.00203. The second-order valence-corrected chi connectivity index (χ2v) is 8.78. The summed E-state index contributed by atoms with van der Waals surface area (Å²) >= 11 is 3.02. The van der Waals surface area contributed by atoms with Crippen LogP contribution < -0.4 is 5.73 Å². The van der Waals surface area contributed by atoms with Crippen LogP contribution in [-0.2, 0) is 23.5 Å². The zero-order chi connectivity index (χ0) is 18.3. The number of thiophene rings is 1. The van der Waals surface area contributed by atoms with Gasteiger partial charge in [-0.25, -0.2) is 14.4 Å². The number of nitrogens with zero attached hydrogens (tertiary/aromatic N) is 2. The molecule has 4 nitrogen and oxygen atoms in total. The van der Waals surface area contributed by atoms with E-state index in [1.165, 1.54) is 28.3 Å². The van der Waals surface area contributed by atoms with Crippen LogP contribution in [0.15, 0.2) is 29.4 Å². The van der Waals surface area contributed by atoms with Crippen molar-refractivity contribution in [2.45, 2.75) is 43.9 Å². The van der Waals surface area contributed by atoms with Crippen molar-refractivity contribution in [2.24, 2.45) is 5.92 Å². The molecule has 7 heteroatoms. The molecule has 1 aromatic carbocycles. The number of halogens is 1. The van der Waals surface area contributed by atoms with Gasteiger partial charge in [0, 0.05) is 17.1 Å². The summed E-state index contributed by atoms with van der Waals surface area (Å²) in [6, 6.07) is 6.76. The first kappa shape index (κ1) is 17.7. The number of aromatic nitrogens is 2. The number of nitrogens with two attached hydrogens (primary N) is 1. The van der Waals surface area contributed by atoms with Gasteiger partial charge in [-0.05, 0) is 23.1 Å². The Hall–Kier alpha value is -1.70. The number of benzene rings is 1. The van der Waals surface area contributed by atoms with Gasteiger partial charge in [-0.1, -0.05) is 43.8 Å². The van der Waals surface area contributed by atoms with Crippen molar-refractivity contribution in [3.63, 3.8) is 0 Å². The molecule has 0 radical (unpaired) electrons. The molecule has 0 unspecified atom stereocenters. The maximum absolute atomic E-state index is 13.8. The molecular formula is C19H20FN3OS2. The van der Waals surface area contributed by atoms with Gasteiger partial charge in [-0.2, -0.15) is 0 Å². The van der Waals surface area contributed by atoms with Gasteiger partial charge in [0.25, 0.3) is 0 Å². The molecule has 1 atom stereocenters. The molecule has 1 aliphatic heterocycles. The molecule has 3 heterocycles. The number of nitrogen functional groups attached to an aromatic ring is 1. The Kier molecular flexibility index (Phi) is 4.86. The highest BCUT2D eigenvalue weighted by atomic mass is 32.2. The van der Waals surface area contributed by atoms with Gasteiger partial charge in [0.1, 0.15) is 16.5 Å². The molecule has 4 rings (SSSR count). The number of thioether (sulfide) groups is 1. The Morgan fingerprint density at radius 1 is 1.35 bits per heavy atom. The zero-order valence-corrected chi connectivity index (χ0v) is 16.3. The monoisotopic (exact) mass is 389 g/mol. The van der Waals surface area contributed by atoms with E-state index in [0.29, 0.717) is 34.8 Å². The lowest BCUT2D eigenvalue weighted by Crippen LogP contribution is -2.26. The molecule has 0 saturated carbocycles. The summed E-state index contributed by atoms with van der Waals surface area (Å²) in [7, 11) is 0. The van der Waals surface area contributed by atoms with E-state index in [0.717, 1.165) is 16.6 Å². The average Bonchev–Trinajstić information content (AvgIpc) is 2.99. The molecule has 0 aliphatic carbocycles. The minimum Gasteiger partial charge on any atom is -0.383 e. The summed E-state index contributed by atoms with van der Waals surface area (Å²) in [6.07, 6.45) is 1.05. The van der Waals surface area contributed by atoms with Crippen LogP contribution in [0.5, 0.6) is 0 Å². The van der Waals surface area contributed by atoms with Crippen molar-refractivity contribution >= 4 is 39.1 Å². The Balaban J connectivity index is 1.63. The molecule has 2 N–H and O–H groups in total. The minimum atomic E-state index is -0.211. The predicted molar refractivity (Wildman–Crippen MR) is 105 cm³/mol. The molecule has 0 amide bonds. The number of anilines is 1. The van der Waals surface area contributed by atoms with Gasteiger partial charge in [0.2, 0.25) is 0 Å². The maximum Gasteiger partial charge on any atom is 0.191 e. The van der Waals surface area contributed by atoms with E-state index in [2.05, 4.69) is 23.8 Å². The van der Waals surface area contributed by atoms with E-state index in [1.807, 2.05) is 6.07 Å². The van der Waals surface area contributed by atoms with Crippen molar-refractivity contribution in [2.75, 3.05) is 5.73 Å². The van der Waals surface area contributed by atoms with Crippen LogP contribution in [0.4, 0.5) is 10.2 Å². The van der Waals surface area contributed by atoms with E-state index in [1.54, 1.807) is 23.5 Å². The van der Waals surface area contributed by atoms with Gasteiger partial charge < -0.3 is 10.5 Å². The van der Waals surface area contributed by atoms with Crippen LogP contribution in [-0.4, -0.2) is 16.1 Å². The van der Waals surface area contributed by atoms with Crippen LogP contribution in [0.3, 0.4) is 0 Å². The highest BCUT2D eigenvalue weighted by Gasteiger charge is 2.27. The van der Waals surface area contributed by atoms with Gasteiger partial charge in [-0.3, -0.25) is 0 Å². The molecule has 26 heavy (non-hydrogen) atoms. The van der Waals surface area contributed by atoms with Crippen LogP contribution in [0.1, 0.15) is 29.9 Å². The maximum atomic E-state index is 13.8. The lowest BCUT2D eigenvalue weighted by atomic mass is 9.96. The molecular weight excluding hydrogens is 369 g/mol. The normalized spacial score (nSPS) is 17.0. The highest BCUT2D eigenvalue weighted by Crippen LogP contribution is 2.39. The SMILES string of the molecule is CC(C)[C@H]1Cc2c(sc3nc(SCc4ccccc4F)nc(N)c23)CO1. The molecule has 1 aliphatic rings. The molecule has 3 aromatic rings. The van der Waals surface area contributed by atoms with Crippen molar-refractivity contribution in [3.8, 4) is 0 Å². The molecule has 136 valence electrons. The number of ether oxygens (including phenoxy) is 1. The van der Waals surface area contributed by atoms with E-state index in [-0.39, 0.29) is 11.9 Å². The fourth-order valence-electron chi connectivity index (χ4n) is 3.14. The van der Waals surface area contributed by atoms with Crippen LogP contribution >= 0.6 is 23.1 Å². The van der Waals surface area contributed by atoms with Gasteiger partial charge in [0.05, 0.1) is 18.1 Å². The highest BCUT2D eigenvalue weighted by molar-refractivity contribution is 7.98. The summed E-state index contributed by atoms with van der Waals surface area (Å²) < 4.78 is 19.7.